The van der Waals surface area contributed by atoms with E-state index >= 15 is 0 Å². The average molecular weight is 511 g/mol. The van der Waals surface area contributed by atoms with E-state index in [1.165, 1.54) is 6.26 Å². The molecule has 6 rings (SSSR count). The Balaban J connectivity index is 1.37. The second kappa shape index (κ2) is 9.30. The summed E-state index contributed by atoms with van der Waals surface area (Å²) in [6.45, 7) is 0. The van der Waals surface area contributed by atoms with Crippen LogP contribution in [0.2, 0.25) is 0 Å². The highest BCUT2D eigenvalue weighted by Gasteiger charge is 2.29. The number of hydrogen-bond acceptors (Lipinski definition) is 5. The van der Waals surface area contributed by atoms with Gasteiger partial charge in [0.25, 0.3) is 0 Å². The van der Waals surface area contributed by atoms with Gasteiger partial charge in [-0.15, -0.1) is 0 Å². The Morgan fingerprint density at radius 2 is 1.65 bits per heavy atom. The van der Waals surface area contributed by atoms with E-state index in [1.807, 2.05) is 36.5 Å². The molecule has 1 fully saturated rings. The van der Waals surface area contributed by atoms with Crippen molar-refractivity contribution in [2.24, 2.45) is 5.92 Å². The van der Waals surface area contributed by atoms with Crippen LogP contribution in [0.3, 0.4) is 0 Å². The van der Waals surface area contributed by atoms with Crippen molar-refractivity contribution in [3.8, 4) is 22.5 Å². The predicted octanol–water partition coefficient (Wildman–Crippen LogP) is 5.94. The van der Waals surface area contributed by atoms with Crippen LogP contribution < -0.4 is 5.73 Å². The Hall–Kier alpha value is -3.71. The Morgan fingerprint density at radius 3 is 2.41 bits per heavy atom. The van der Waals surface area contributed by atoms with Gasteiger partial charge in [0.1, 0.15) is 15.7 Å². The highest BCUT2D eigenvalue weighted by atomic mass is 32.2. The van der Waals surface area contributed by atoms with E-state index in [0.29, 0.717) is 11.6 Å². The lowest BCUT2D eigenvalue weighted by atomic mass is 9.86. The first-order valence-electron chi connectivity index (χ1n) is 12.8. The Morgan fingerprint density at radius 1 is 0.892 bits per heavy atom. The molecule has 3 aromatic heterocycles. The van der Waals surface area contributed by atoms with Gasteiger partial charge in [-0.05, 0) is 55.9 Å². The standard InChI is InChI=1S/C30H30N4O2S/c1-37(35,36)24-14-9-20(10-15-24)18-28-33-29(30-25(31)8-5-17-34(28)30)23-12-11-22-13-16-26(32-27(22)19-23)21-6-3-2-4-7-21/h2-8,11-13,16-17,19-20,24H,9-10,14-15,18,31H2,1H3. The van der Waals surface area contributed by atoms with Crippen molar-refractivity contribution >= 4 is 31.9 Å². The summed E-state index contributed by atoms with van der Waals surface area (Å²) in [5.41, 5.74) is 12.8. The van der Waals surface area contributed by atoms with E-state index in [-0.39, 0.29) is 5.25 Å². The molecular weight excluding hydrogens is 480 g/mol. The molecule has 1 aliphatic carbocycles. The molecule has 0 saturated heterocycles. The first-order valence-corrected chi connectivity index (χ1v) is 14.7. The van der Waals surface area contributed by atoms with E-state index < -0.39 is 9.84 Å². The van der Waals surface area contributed by atoms with Crippen LogP contribution in [0, 0.1) is 5.92 Å². The predicted molar refractivity (Wildman–Crippen MR) is 150 cm³/mol. The highest BCUT2D eigenvalue weighted by molar-refractivity contribution is 7.91. The zero-order valence-electron chi connectivity index (χ0n) is 20.8. The molecule has 0 atom stereocenters. The second-order valence-corrected chi connectivity index (χ2v) is 12.5. The summed E-state index contributed by atoms with van der Waals surface area (Å²) < 4.78 is 26.1. The fourth-order valence-corrected chi connectivity index (χ4v) is 6.76. The third-order valence-electron chi connectivity index (χ3n) is 7.67. The normalized spacial score (nSPS) is 18.4. The Kier molecular flexibility index (Phi) is 5.95. The van der Waals surface area contributed by atoms with Crippen LogP contribution in [-0.2, 0) is 16.3 Å². The molecule has 0 radical (unpaired) electrons. The van der Waals surface area contributed by atoms with Crippen molar-refractivity contribution in [1.82, 2.24) is 14.4 Å². The lowest BCUT2D eigenvalue weighted by molar-refractivity contribution is 0.351. The number of rotatable bonds is 5. The zero-order chi connectivity index (χ0) is 25.6. The number of anilines is 1. The van der Waals surface area contributed by atoms with Crippen molar-refractivity contribution in [1.29, 1.82) is 0 Å². The lowest BCUT2D eigenvalue weighted by Crippen LogP contribution is -2.27. The number of nitrogen functional groups attached to an aromatic ring is 1. The van der Waals surface area contributed by atoms with Gasteiger partial charge in [-0.2, -0.15) is 0 Å². The molecule has 7 heteroatoms. The maximum atomic E-state index is 12.0. The number of hydrogen-bond donors (Lipinski definition) is 1. The molecule has 37 heavy (non-hydrogen) atoms. The smallest absolute Gasteiger partial charge is 0.150 e. The van der Waals surface area contributed by atoms with Crippen molar-refractivity contribution < 1.29 is 8.42 Å². The number of fused-ring (bicyclic) bond motifs is 2. The molecule has 1 aliphatic rings. The van der Waals surface area contributed by atoms with Gasteiger partial charge >= 0.3 is 0 Å². The Bertz CT molecular complexity index is 1700. The second-order valence-electron chi connectivity index (χ2n) is 10.2. The number of nitrogens with zero attached hydrogens (tertiary/aromatic N) is 3. The molecule has 0 bridgehead atoms. The van der Waals surface area contributed by atoms with Gasteiger partial charge in [-0.3, -0.25) is 0 Å². The molecule has 3 heterocycles. The molecule has 0 spiro atoms. The fraction of sp³-hybridized carbons (Fsp3) is 0.267. The fourth-order valence-electron chi connectivity index (χ4n) is 5.63. The van der Waals surface area contributed by atoms with Gasteiger partial charge in [0, 0.05) is 35.4 Å². The van der Waals surface area contributed by atoms with E-state index in [0.717, 1.165) is 76.9 Å². The molecule has 6 nitrogen and oxygen atoms in total. The summed E-state index contributed by atoms with van der Waals surface area (Å²) in [5.74, 6) is 1.37. The summed E-state index contributed by atoms with van der Waals surface area (Å²) >= 11 is 0. The first-order chi connectivity index (χ1) is 17.9. The third kappa shape index (κ3) is 4.60. The number of imidazole rings is 1. The number of sulfone groups is 1. The van der Waals surface area contributed by atoms with Crippen LogP contribution in [0.1, 0.15) is 31.5 Å². The molecule has 2 N–H and O–H groups in total. The van der Waals surface area contributed by atoms with Crippen molar-refractivity contribution in [3.63, 3.8) is 0 Å². The van der Waals surface area contributed by atoms with E-state index in [1.54, 1.807) is 0 Å². The van der Waals surface area contributed by atoms with Crippen LogP contribution in [-0.4, -0.2) is 34.3 Å². The number of aromatic nitrogens is 3. The van der Waals surface area contributed by atoms with E-state index in [9.17, 15) is 8.42 Å². The maximum absolute atomic E-state index is 12.0. The van der Waals surface area contributed by atoms with Gasteiger partial charge in [0.15, 0.2) is 0 Å². The minimum absolute atomic E-state index is 0.210. The van der Waals surface area contributed by atoms with E-state index in [4.69, 9.17) is 15.7 Å². The van der Waals surface area contributed by atoms with Crippen LogP contribution in [0.5, 0.6) is 0 Å². The van der Waals surface area contributed by atoms with Crippen LogP contribution in [0.4, 0.5) is 5.69 Å². The topological polar surface area (TPSA) is 90.3 Å². The minimum Gasteiger partial charge on any atom is -0.397 e. The lowest BCUT2D eigenvalue weighted by Gasteiger charge is -2.27. The van der Waals surface area contributed by atoms with Gasteiger partial charge in [0.2, 0.25) is 0 Å². The van der Waals surface area contributed by atoms with Crippen molar-refractivity contribution in [3.05, 3.63) is 84.8 Å². The van der Waals surface area contributed by atoms with Crippen LogP contribution >= 0.6 is 0 Å². The zero-order valence-corrected chi connectivity index (χ0v) is 21.7. The monoisotopic (exact) mass is 510 g/mol. The molecule has 1 saturated carbocycles. The van der Waals surface area contributed by atoms with Crippen molar-refractivity contribution in [2.75, 3.05) is 12.0 Å². The van der Waals surface area contributed by atoms with E-state index in [2.05, 4.69) is 46.9 Å². The molecule has 5 aromatic rings. The summed E-state index contributed by atoms with van der Waals surface area (Å²) in [7, 11) is -2.98. The summed E-state index contributed by atoms with van der Waals surface area (Å²) in [4.78, 5) is 10.1. The van der Waals surface area contributed by atoms with Gasteiger partial charge in [-0.1, -0.05) is 48.5 Å². The quantitative estimate of drug-likeness (QED) is 0.316. The summed E-state index contributed by atoms with van der Waals surface area (Å²) in [5, 5.41) is 0.862. The minimum atomic E-state index is -2.98. The highest BCUT2D eigenvalue weighted by Crippen LogP contribution is 2.35. The molecule has 0 aliphatic heterocycles. The number of pyridine rings is 2. The van der Waals surface area contributed by atoms with Crippen LogP contribution in [0.25, 0.3) is 38.9 Å². The van der Waals surface area contributed by atoms with Gasteiger partial charge in [-0.25, -0.2) is 18.4 Å². The molecule has 2 aromatic carbocycles. The largest absolute Gasteiger partial charge is 0.397 e. The first kappa shape index (κ1) is 23.7. The van der Waals surface area contributed by atoms with Gasteiger partial charge < -0.3 is 10.1 Å². The maximum Gasteiger partial charge on any atom is 0.150 e. The molecule has 0 unspecified atom stereocenters. The Labute approximate surface area is 217 Å². The average Bonchev–Trinajstić information content (AvgIpc) is 3.28. The molecule has 0 amide bonds. The van der Waals surface area contributed by atoms with Gasteiger partial charge in [0.05, 0.1) is 33.4 Å². The summed E-state index contributed by atoms with van der Waals surface area (Å²) in [6, 6.07) is 24.5. The molecular formula is C30H30N4O2S. The van der Waals surface area contributed by atoms with Crippen molar-refractivity contribution in [2.45, 2.75) is 37.4 Å². The summed E-state index contributed by atoms with van der Waals surface area (Å²) in [6.07, 6.45) is 7.41. The van der Waals surface area contributed by atoms with Crippen LogP contribution in [0.15, 0.2) is 79.0 Å². The number of nitrogens with two attached hydrogens (primary N) is 1. The third-order valence-corrected chi connectivity index (χ3v) is 9.36. The SMILES string of the molecule is CS(=O)(=O)C1CCC(Cc2nc(-c3ccc4ccc(-c5ccccc5)nc4c3)c3c(N)cccn23)CC1. The molecule has 188 valence electrons. The number of benzene rings is 2.